The molecule has 1 rings (SSSR count). The second-order valence-electron chi connectivity index (χ2n) is 2.13. The first-order valence-electron chi connectivity index (χ1n) is 3.24. The smallest absolute Gasteiger partial charge is 0.0449 e. The number of hydrogen-bond acceptors (Lipinski definition) is 3. The van der Waals surface area contributed by atoms with Gasteiger partial charge in [0.2, 0.25) is 0 Å². The molecule has 0 aliphatic carbocycles. The maximum Gasteiger partial charge on any atom is 0.0449 e. The Kier molecular flexibility index (Phi) is 2.86. The maximum absolute atomic E-state index is 8.56. The maximum atomic E-state index is 8.56. The van der Waals surface area contributed by atoms with Crippen molar-refractivity contribution in [3.8, 4) is 0 Å². The van der Waals surface area contributed by atoms with E-state index < -0.39 is 0 Å². The lowest BCUT2D eigenvalue weighted by Crippen LogP contribution is -2.09. The van der Waals surface area contributed by atoms with E-state index in [4.69, 9.17) is 10.8 Å². The largest absolute Gasteiger partial charge is 0.396 e. The van der Waals surface area contributed by atoms with Crippen molar-refractivity contribution < 1.29 is 5.11 Å². The van der Waals surface area contributed by atoms with Gasteiger partial charge in [-0.25, -0.2) is 0 Å². The third-order valence-electron chi connectivity index (χ3n) is 1.35. The number of thiophene rings is 1. The Bertz CT molecular complexity index is 174. The molecule has 0 aliphatic heterocycles. The molecule has 0 spiro atoms. The highest BCUT2D eigenvalue weighted by atomic mass is 32.1. The van der Waals surface area contributed by atoms with Crippen LogP contribution in [0.5, 0.6) is 0 Å². The minimum atomic E-state index is 0.0185. The zero-order chi connectivity index (χ0) is 7.40. The highest BCUT2D eigenvalue weighted by Gasteiger charge is 2.04. The monoisotopic (exact) mass is 157 g/mol. The minimum absolute atomic E-state index is 0.0185. The molecule has 3 N–H and O–H groups in total. The molecule has 0 aromatic carbocycles. The average Bonchev–Trinajstić information content (AvgIpc) is 2.38. The summed E-state index contributed by atoms with van der Waals surface area (Å²) in [6.07, 6.45) is 0.653. The first kappa shape index (κ1) is 7.72. The standard InChI is InChI=1S/C7H11NOS/c8-6(3-4-9)7-2-1-5-10-7/h1-2,5-6,9H,3-4,8H2/t6-/m1/s1. The van der Waals surface area contributed by atoms with E-state index in [-0.39, 0.29) is 12.6 Å². The van der Waals surface area contributed by atoms with E-state index in [1.807, 2.05) is 17.5 Å². The Morgan fingerprint density at radius 3 is 3.00 bits per heavy atom. The van der Waals surface area contributed by atoms with Crippen molar-refractivity contribution in [1.82, 2.24) is 0 Å². The summed E-state index contributed by atoms with van der Waals surface area (Å²) in [6.45, 7) is 0.166. The van der Waals surface area contributed by atoms with E-state index in [2.05, 4.69) is 0 Å². The molecule has 1 aromatic rings. The summed E-state index contributed by atoms with van der Waals surface area (Å²) >= 11 is 1.63. The zero-order valence-corrected chi connectivity index (χ0v) is 6.47. The number of hydrogen-bond donors (Lipinski definition) is 2. The second-order valence-corrected chi connectivity index (χ2v) is 3.11. The van der Waals surface area contributed by atoms with Gasteiger partial charge in [-0.2, -0.15) is 0 Å². The number of rotatable bonds is 3. The molecule has 1 aromatic heterocycles. The van der Waals surface area contributed by atoms with E-state index in [1.165, 1.54) is 0 Å². The van der Waals surface area contributed by atoms with Crippen LogP contribution in [-0.2, 0) is 0 Å². The molecule has 0 unspecified atom stereocenters. The summed E-state index contributed by atoms with van der Waals surface area (Å²) in [5.41, 5.74) is 5.70. The molecule has 3 heteroatoms. The van der Waals surface area contributed by atoms with Gasteiger partial charge in [-0.05, 0) is 17.9 Å². The predicted octanol–water partition coefficient (Wildman–Crippen LogP) is 1.13. The van der Waals surface area contributed by atoms with Crippen molar-refractivity contribution in [3.05, 3.63) is 22.4 Å². The molecule has 0 radical (unpaired) electrons. The molecule has 0 fully saturated rings. The molecule has 1 atom stereocenters. The number of nitrogens with two attached hydrogens (primary N) is 1. The molecule has 56 valence electrons. The average molecular weight is 157 g/mol. The van der Waals surface area contributed by atoms with Crippen molar-refractivity contribution in [1.29, 1.82) is 0 Å². The van der Waals surface area contributed by atoms with E-state index in [0.29, 0.717) is 6.42 Å². The van der Waals surface area contributed by atoms with Crippen LogP contribution < -0.4 is 5.73 Å². The summed E-state index contributed by atoms with van der Waals surface area (Å²) in [4.78, 5) is 1.15. The summed E-state index contributed by atoms with van der Waals surface area (Å²) in [7, 11) is 0. The van der Waals surface area contributed by atoms with Crippen LogP contribution in [0.3, 0.4) is 0 Å². The highest BCUT2D eigenvalue weighted by molar-refractivity contribution is 7.10. The van der Waals surface area contributed by atoms with E-state index >= 15 is 0 Å². The van der Waals surface area contributed by atoms with Gasteiger partial charge in [-0.3, -0.25) is 0 Å². The Hall–Kier alpha value is -0.380. The van der Waals surface area contributed by atoms with Crippen LogP contribution in [0.25, 0.3) is 0 Å². The third-order valence-corrected chi connectivity index (χ3v) is 2.35. The minimum Gasteiger partial charge on any atom is -0.396 e. The fourth-order valence-corrected chi connectivity index (χ4v) is 1.55. The lowest BCUT2D eigenvalue weighted by molar-refractivity contribution is 0.277. The van der Waals surface area contributed by atoms with Crippen LogP contribution in [0.1, 0.15) is 17.3 Å². The van der Waals surface area contributed by atoms with Gasteiger partial charge < -0.3 is 10.8 Å². The van der Waals surface area contributed by atoms with Crippen LogP contribution in [0.2, 0.25) is 0 Å². The molecule has 1 heterocycles. The van der Waals surface area contributed by atoms with Crippen LogP contribution in [0.4, 0.5) is 0 Å². The molecule has 10 heavy (non-hydrogen) atoms. The van der Waals surface area contributed by atoms with Crippen LogP contribution in [0.15, 0.2) is 17.5 Å². The Labute approximate surface area is 64.3 Å². The Morgan fingerprint density at radius 1 is 1.70 bits per heavy atom. The van der Waals surface area contributed by atoms with E-state index in [9.17, 15) is 0 Å². The van der Waals surface area contributed by atoms with Gasteiger partial charge in [0, 0.05) is 17.5 Å². The number of aliphatic hydroxyl groups excluding tert-OH is 1. The Morgan fingerprint density at radius 2 is 2.50 bits per heavy atom. The summed E-state index contributed by atoms with van der Waals surface area (Å²) in [5, 5.41) is 10.6. The van der Waals surface area contributed by atoms with E-state index in [0.717, 1.165) is 4.88 Å². The lowest BCUT2D eigenvalue weighted by atomic mass is 10.2. The van der Waals surface area contributed by atoms with Gasteiger partial charge >= 0.3 is 0 Å². The summed E-state index contributed by atoms with van der Waals surface area (Å²) in [6, 6.07) is 3.98. The molecular weight excluding hydrogens is 146 g/mol. The van der Waals surface area contributed by atoms with Gasteiger partial charge in [0.25, 0.3) is 0 Å². The van der Waals surface area contributed by atoms with Crippen molar-refractivity contribution in [3.63, 3.8) is 0 Å². The van der Waals surface area contributed by atoms with Gasteiger partial charge in [0.1, 0.15) is 0 Å². The quantitative estimate of drug-likeness (QED) is 0.691. The lowest BCUT2D eigenvalue weighted by Gasteiger charge is -2.05. The van der Waals surface area contributed by atoms with Crippen LogP contribution in [-0.4, -0.2) is 11.7 Å². The van der Waals surface area contributed by atoms with Gasteiger partial charge in [0.05, 0.1) is 0 Å². The molecule has 0 saturated heterocycles. The fourth-order valence-electron chi connectivity index (χ4n) is 0.784. The highest BCUT2D eigenvalue weighted by Crippen LogP contribution is 2.18. The summed E-state index contributed by atoms with van der Waals surface area (Å²) in [5.74, 6) is 0. The topological polar surface area (TPSA) is 46.2 Å². The van der Waals surface area contributed by atoms with Gasteiger partial charge in [-0.15, -0.1) is 11.3 Å². The first-order valence-corrected chi connectivity index (χ1v) is 4.12. The van der Waals surface area contributed by atoms with Crippen LogP contribution >= 0.6 is 11.3 Å². The normalized spacial score (nSPS) is 13.4. The molecule has 2 nitrogen and oxygen atoms in total. The first-order chi connectivity index (χ1) is 4.84. The van der Waals surface area contributed by atoms with Gasteiger partial charge in [0.15, 0.2) is 0 Å². The number of aliphatic hydroxyl groups is 1. The van der Waals surface area contributed by atoms with Crippen LogP contribution in [0, 0.1) is 0 Å². The SMILES string of the molecule is N[C@H](CCO)c1cccs1. The van der Waals surface area contributed by atoms with Crippen molar-refractivity contribution >= 4 is 11.3 Å². The molecular formula is C7H11NOS. The Balaban J connectivity index is 2.50. The van der Waals surface area contributed by atoms with E-state index in [1.54, 1.807) is 11.3 Å². The predicted molar refractivity (Wildman–Crippen MR) is 43.0 cm³/mol. The van der Waals surface area contributed by atoms with Crippen molar-refractivity contribution in [2.24, 2.45) is 5.73 Å². The summed E-state index contributed by atoms with van der Waals surface area (Å²) < 4.78 is 0. The molecule has 0 saturated carbocycles. The zero-order valence-electron chi connectivity index (χ0n) is 5.66. The van der Waals surface area contributed by atoms with Gasteiger partial charge in [-0.1, -0.05) is 6.07 Å². The fraction of sp³-hybridized carbons (Fsp3) is 0.429. The second kappa shape index (κ2) is 3.71. The molecule has 0 amide bonds. The molecule has 0 aliphatic rings. The van der Waals surface area contributed by atoms with Crippen molar-refractivity contribution in [2.45, 2.75) is 12.5 Å². The molecule has 0 bridgehead atoms. The third kappa shape index (κ3) is 1.80. The van der Waals surface area contributed by atoms with Crippen molar-refractivity contribution in [2.75, 3.05) is 6.61 Å².